The lowest BCUT2D eigenvalue weighted by molar-refractivity contribution is 0.285. The largest absolute Gasteiger partial charge is 0.402 e. The summed E-state index contributed by atoms with van der Waals surface area (Å²) in [6, 6.07) is 0. The van der Waals surface area contributed by atoms with Crippen LogP contribution in [0.1, 0.15) is 27.2 Å². The van der Waals surface area contributed by atoms with E-state index in [1.54, 1.807) is 0 Å². The highest BCUT2D eigenvalue weighted by Gasteiger charge is 2.10. The van der Waals surface area contributed by atoms with Crippen LogP contribution in [0, 0.1) is 0 Å². The van der Waals surface area contributed by atoms with E-state index in [-0.39, 0.29) is 0 Å². The first kappa shape index (κ1) is 8.47. The van der Waals surface area contributed by atoms with Crippen LogP contribution in [-0.4, -0.2) is 5.67 Å². The van der Waals surface area contributed by atoms with Crippen molar-refractivity contribution >= 4 is 0 Å². The molecule has 1 nitrogen and oxygen atoms in total. The van der Waals surface area contributed by atoms with Crippen LogP contribution in [0.15, 0.2) is 11.8 Å². The van der Waals surface area contributed by atoms with Crippen molar-refractivity contribution in [2.75, 3.05) is 0 Å². The van der Waals surface area contributed by atoms with Gasteiger partial charge in [0.25, 0.3) is 0 Å². The number of alkyl halides is 1. The molecule has 0 aromatic carbocycles. The van der Waals surface area contributed by atoms with Gasteiger partial charge < -0.3 is 5.73 Å². The molecular formula is C7H14FN. The molecule has 0 aliphatic rings. The number of hydrogen-bond donors (Lipinski definition) is 1. The maximum Gasteiger partial charge on any atom is 0.125 e. The van der Waals surface area contributed by atoms with Crippen LogP contribution in [0.2, 0.25) is 0 Å². The zero-order valence-corrected chi connectivity index (χ0v) is 6.24. The summed E-state index contributed by atoms with van der Waals surface area (Å²) in [6.45, 7) is 4.86. The minimum atomic E-state index is -1.26. The number of halogens is 1. The molecule has 2 heteroatoms. The Bertz CT molecular complexity index is 111. The summed E-state index contributed by atoms with van der Waals surface area (Å²) >= 11 is 0. The van der Waals surface area contributed by atoms with Gasteiger partial charge in [-0.05, 0) is 26.3 Å². The molecule has 0 bridgehead atoms. The molecule has 0 spiro atoms. The van der Waals surface area contributed by atoms with E-state index in [1.807, 2.05) is 6.92 Å². The van der Waals surface area contributed by atoms with Gasteiger partial charge in [-0.15, -0.1) is 0 Å². The Kier molecular flexibility index (Phi) is 2.68. The van der Waals surface area contributed by atoms with Gasteiger partial charge in [0.1, 0.15) is 5.67 Å². The Morgan fingerprint density at radius 2 is 2.11 bits per heavy atom. The molecule has 0 aromatic rings. The molecule has 0 saturated carbocycles. The molecule has 2 N–H and O–H groups in total. The molecule has 0 radical (unpaired) electrons. The first-order valence-corrected chi connectivity index (χ1v) is 3.12. The quantitative estimate of drug-likeness (QED) is 0.609. The smallest absolute Gasteiger partial charge is 0.125 e. The van der Waals surface area contributed by atoms with E-state index in [0.29, 0.717) is 12.1 Å². The van der Waals surface area contributed by atoms with Gasteiger partial charge in [0, 0.05) is 5.70 Å². The minimum Gasteiger partial charge on any atom is -0.402 e. The minimum absolute atomic E-state index is 0.613. The number of rotatable bonds is 2. The normalized spacial score (nSPS) is 14.0. The molecule has 0 heterocycles. The highest BCUT2D eigenvalue weighted by molar-refractivity contribution is 5.04. The maximum atomic E-state index is 12.7. The van der Waals surface area contributed by atoms with E-state index < -0.39 is 5.67 Å². The van der Waals surface area contributed by atoms with Gasteiger partial charge >= 0.3 is 0 Å². The Labute approximate surface area is 55.7 Å². The summed E-state index contributed by atoms with van der Waals surface area (Å²) in [5, 5.41) is 0. The van der Waals surface area contributed by atoms with Crippen LogP contribution >= 0.6 is 0 Å². The Hall–Kier alpha value is -0.530. The monoisotopic (exact) mass is 131 g/mol. The molecule has 0 saturated heterocycles. The molecule has 0 fully saturated rings. The highest BCUT2D eigenvalue weighted by Crippen LogP contribution is 2.11. The van der Waals surface area contributed by atoms with Gasteiger partial charge in [0.05, 0.1) is 0 Å². The van der Waals surface area contributed by atoms with E-state index in [0.717, 1.165) is 0 Å². The third-order valence-electron chi connectivity index (χ3n) is 0.937. The summed E-state index contributed by atoms with van der Waals surface area (Å²) in [5.74, 6) is 0. The SMILES string of the molecule is CC/C(N)=C\C(C)(C)F. The van der Waals surface area contributed by atoms with Crippen molar-refractivity contribution in [3.63, 3.8) is 0 Å². The van der Waals surface area contributed by atoms with E-state index in [1.165, 1.54) is 19.9 Å². The highest BCUT2D eigenvalue weighted by atomic mass is 19.1. The van der Waals surface area contributed by atoms with Crippen molar-refractivity contribution in [1.29, 1.82) is 0 Å². The molecule has 0 aliphatic carbocycles. The van der Waals surface area contributed by atoms with E-state index in [9.17, 15) is 4.39 Å². The Morgan fingerprint density at radius 3 is 2.22 bits per heavy atom. The summed E-state index contributed by atoms with van der Waals surface area (Å²) in [7, 11) is 0. The van der Waals surface area contributed by atoms with Gasteiger partial charge in [-0.1, -0.05) is 6.92 Å². The summed E-state index contributed by atoms with van der Waals surface area (Å²) < 4.78 is 12.7. The van der Waals surface area contributed by atoms with Gasteiger partial charge in [-0.25, -0.2) is 4.39 Å². The molecule has 54 valence electrons. The Balaban J connectivity index is 3.95. The predicted octanol–water partition coefficient (Wildman–Crippen LogP) is 1.99. The van der Waals surface area contributed by atoms with Crippen molar-refractivity contribution in [1.82, 2.24) is 0 Å². The van der Waals surface area contributed by atoms with Crippen LogP contribution in [-0.2, 0) is 0 Å². The lowest BCUT2D eigenvalue weighted by Crippen LogP contribution is -2.10. The van der Waals surface area contributed by atoms with E-state index >= 15 is 0 Å². The number of hydrogen-bond acceptors (Lipinski definition) is 1. The second-order valence-electron chi connectivity index (χ2n) is 2.64. The molecule has 0 rings (SSSR count). The number of allylic oxidation sites excluding steroid dienone is 2. The fourth-order valence-corrected chi connectivity index (χ4v) is 0.543. The average Bonchev–Trinajstić information content (AvgIpc) is 1.62. The van der Waals surface area contributed by atoms with Crippen molar-refractivity contribution < 1.29 is 4.39 Å². The average molecular weight is 131 g/mol. The maximum absolute atomic E-state index is 12.7. The summed E-state index contributed by atoms with van der Waals surface area (Å²) in [4.78, 5) is 0. The van der Waals surface area contributed by atoms with Gasteiger partial charge in [-0.3, -0.25) is 0 Å². The van der Waals surface area contributed by atoms with Gasteiger partial charge in [0.15, 0.2) is 0 Å². The topological polar surface area (TPSA) is 26.0 Å². The van der Waals surface area contributed by atoms with Crippen molar-refractivity contribution in [3.05, 3.63) is 11.8 Å². The molecule has 0 unspecified atom stereocenters. The lowest BCUT2D eigenvalue weighted by Gasteiger charge is -2.08. The molecular weight excluding hydrogens is 117 g/mol. The third-order valence-corrected chi connectivity index (χ3v) is 0.937. The first-order valence-electron chi connectivity index (χ1n) is 3.12. The van der Waals surface area contributed by atoms with Crippen LogP contribution in [0.5, 0.6) is 0 Å². The van der Waals surface area contributed by atoms with Crippen molar-refractivity contribution in [3.8, 4) is 0 Å². The van der Waals surface area contributed by atoms with Gasteiger partial charge in [0.2, 0.25) is 0 Å². The zero-order chi connectivity index (χ0) is 7.49. The van der Waals surface area contributed by atoms with Crippen LogP contribution in [0.4, 0.5) is 4.39 Å². The second kappa shape index (κ2) is 2.85. The van der Waals surface area contributed by atoms with Crippen LogP contribution in [0.25, 0.3) is 0 Å². The summed E-state index contributed by atoms with van der Waals surface area (Å²) in [6.07, 6.45) is 2.15. The predicted molar refractivity (Wildman–Crippen MR) is 37.7 cm³/mol. The van der Waals surface area contributed by atoms with Crippen LogP contribution in [0.3, 0.4) is 0 Å². The van der Waals surface area contributed by atoms with E-state index in [2.05, 4.69) is 0 Å². The molecule has 0 aromatic heterocycles. The second-order valence-corrected chi connectivity index (χ2v) is 2.64. The van der Waals surface area contributed by atoms with Crippen LogP contribution < -0.4 is 5.73 Å². The van der Waals surface area contributed by atoms with Crippen molar-refractivity contribution in [2.24, 2.45) is 5.73 Å². The Morgan fingerprint density at radius 1 is 1.67 bits per heavy atom. The van der Waals surface area contributed by atoms with Crippen molar-refractivity contribution in [2.45, 2.75) is 32.9 Å². The molecule has 9 heavy (non-hydrogen) atoms. The third kappa shape index (κ3) is 5.34. The zero-order valence-electron chi connectivity index (χ0n) is 6.24. The molecule has 0 amide bonds. The first-order chi connectivity index (χ1) is 3.95. The fourth-order valence-electron chi connectivity index (χ4n) is 0.543. The van der Waals surface area contributed by atoms with E-state index in [4.69, 9.17) is 5.73 Å². The summed E-state index contributed by atoms with van der Waals surface area (Å²) in [5.41, 5.74) is 4.73. The molecule has 0 atom stereocenters. The molecule has 0 aliphatic heterocycles. The van der Waals surface area contributed by atoms with Gasteiger partial charge in [-0.2, -0.15) is 0 Å². The standard InChI is InChI=1S/C7H14FN/c1-4-6(9)5-7(2,3)8/h5H,4,9H2,1-3H3/b6-5+. The lowest BCUT2D eigenvalue weighted by atomic mass is 10.1. The fraction of sp³-hybridized carbons (Fsp3) is 0.714. The number of nitrogens with two attached hydrogens (primary N) is 1.